The molecule has 8 nitrogen and oxygen atoms in total. The molecule has 0 fully saturated rings. The average molecular weight is 402 g/mol. The number of fused-ring (bicyclic) bond motifs is 1. The molecule has 0 unspecified atom stereocenters. The van der Waals surface area contributed by atoms with E-state index in [1.165, 1.54) is 6.20 Å². The highest BCUT2D eigenvalue weighted by Crippen LogP contribution is 2.15. The number of benzene rings is 2. The van der Waals surface area contributed by atoms with Gasteiger partial charge in [-0.1, -0.05) is 37.3 Å². The standard InChI is InChI=1S/C22H22N6O2/c1-2-6-19(29)25-16-11-9-15(10-12-16)13-23-22-26-20-18(21(30)27-22)14-24-28(20)17-7-4-3-5-8-17/h3-5,7-12,14H,2,6,13H2,1H3,(H,25,29)(H2,23,26,27,30). The number of hydrogen-bond donors (Lipinski definition) is 3. The van der Waals surface area contributed by atoms with E-state index in [0.29, 0.717) is 29.9 Å². The zero-order chi connectivity index (χ0) is 20.9. The predicted molar refractivity (Wildman–Crippen MR) is 117 cm³/mol. The van der Waals surface area contributed by atoms with Crippen LogP contribution in [0.1, 0.15) is 25.3 Å². The Labute approximate surface area is 173 Å². The Hall–Kier alpha value is -3.94. The first-order valence-corrected chi connectivity index (χ1v) is 9.80. The van der Waals surface area contributed by atoms with Crippen LogP contribution in [0, 0.1) is 0 Å². The van der Waals surface area contributed by atoms with Gasteiger partial charge in [-0.25, -0.2) is 4.68 Å². The normalized spacial score (nSPS) is 10.8. The largest absolute Gasteiger partial charge is 0.352 e. The van der Waals surface area contributed by atoms with Crippen molar-refractivity contribution in [3.63, 3.8) is 0 Å². The van der Waals surface area contributed by atoms with Crippen molar-refractivity contribution in [3.05, 3.63) is 76.7 Å². The Kier molecular flexibility index (Phi) is 5.56. The van der Waals surface area contributed by atoms with Crippen molar-refractivity contribution in [1.29, 1.82) is 0 Å². The third-order valence-electron chi connectivity index (χ3n) is 4.61. The average Bonchev–Trinajstić information content (AvgIpc) is 3.19. The van der Waals surface area contributed by atoms with Crippen molar-refractivity contribution in [2.24, 2.45) is 0 Å². The van der Waals surface area contributed by atoms with Gasteiger partial charge < -0.3 is 10.6 Å². The number of nitrogens with one attached hydrogen (secondary N) is 3. The molecule has 2 heterocycles. The smallest absolute Gasteiger partial charge is 0.263 e. The van der Waals surface area contributed by atoms with Gasteiger partial charge in [-0.2, -0.15) is 10.1 Å². The number of hydrogen-bond acceptors (Lipinski definition) is 5. The van der Waals surface area contributed by atoms with Crippen molar-refractivity contribution in [1.82, 2.24) is 19.7 Å². The lowest BCUT2D eigenvalue weighted by atomic mass is 10.2. The van der Waals surface area contributed by atoms with E-state index >= 15 is 0 Å². The summed E-state index contributed by atoms with van der Waals surface area (Å²) in [7, 11) is 0. The molecule has 0 saturated carbocycles. The van der Waals surface area contributed by atoms with Crippen LogP contribution in [0.25, 0.3) is 16.7 Å². The maximum absolute atomic E-state index is 12.4. The zero-order valence-corrected chi connectivity index (χ0v) is 16.6. The Morgan fingerprint density at radius 3 is 2.60 bits per heavy atom. The van der Waals surface area contributed by atoms with Gasteiger partial charge in [0.1, 0.15) is 5.39 Å². The number of anilines is 2. The van der Waals surface area contributed by atoms with Crippen LogP contribution in [0.3, 0.4) is 0 Å². The number of nitrogens with zero attached hydrogens (tertiary/aromatic N) is 3. The van der Waals surface area contributed by atoms with Crippen molar-refractivity contribution >= 4 is 28.6 Å². The minimum atomic E-state index is -0.251. The van der Waals surface area contributed by atoms with Gasteiger partial charge in [0.25, 0.3) is 5.56 Å². The number of amides is 1. The number of carbonyl (C=O) groups excluding carboxylic acids is 1. The quantitative estimate of drug-likeness (QED) is 0.439. The number of H-pyrrole nitrogens is 1. The first kappa shape index (κ1) is 19.4. The fraction of sp³-hybridized carbons (Fsp3) is 0.182. The maximum atomic E-state index is 12.4. The summed E-state index contributed by atoms with van der Waals surface area (Å²) in [6.07, 6.45) is 2.83. The summed E-state index contributed by atoms with van der Waals surface area (Å²) in [4.78, 5) is 31.4. The summed E-state index contributed by atoms with van der Waals surface area (Å²) in [6.45, 7) is 2.44. The molecule has 0 aliphatic heterocycles. The SMILES string of the molecule is CCCC(=O)Nc1ccc(CNc2nc3c(cnn3-c3ccccc3)c(=O)[nH]2)cc1. The number of aromatic nitrogens is 4. The summed E-state index contributed by atoms with van der Waals surface area (Å²) in [5, 5.41) is 10.7. The Morgan fingerprint density at radius 1 is 1.10 bits per heavy atom. The minimum Gasteiger partial charge on any atom is -0.352 e. The van der Waals surface area contributed by atoms with Crippen LogP contribution in [0.4, 0.5) is 11.6 Å². The molecule has 152 valence electrons. The van der Waals surface area contributed by atoms with Gasteiger partial charge in [0, 0.05) is 18.7 Å². The van der Waals surface area contributed by atoms with Crippen LogP contribution in [0.5, 0.6) is 0 Å². The fourth-order valence-electron chi connectivity index (χ4n) is 3.10. The first-order valence-electron chi connectivity index (χ1n) is 9.80. The van der Waals surface area contributed by atoms with E-state index in [0.717, 1.165) is 23.4 Å². The molecule has 4 rings (SSSR count). The Bertz CT molecular complexity index is 1210. The van der Waals surface area contributed by atoms with Crippen LogP contribution in [0.2, 0.25) is 0 Å². The Balaban J connectivity index is 1.50. The number of aromatic amines is 1. The zero-order valence-electron chi connectivity index (χ0n) is 16.6. The van der Waals surface area contributed by atoms with E-state index in [-0.39, 0.29) is 11.5 Å². The van der Waals surface area contributed by atoms with E-state index in [9.17, 15) is 9.59 Å². The van der Waals surface area contributed by atoms with Gasteiger partial charge in [-0.15, -0.1) is 0 Å². The van der Waals surface area contributed by atoms with E-state index in [1.54, 1.807) is 4.68 Å². The van der Waals surface area contributed by atoms with Crippen molar-refractivity contribution < 1.29 is 4.79 Å². The van der Waals surface area contributed by atoms with Gasteiger partial charge in [-0.3, -0.25) is 14.6 Å². The summed E-state index contributed by atoms with van der Waals surface area (Å²) >= 11 is 0. The van der Waals surface area contributed by atoms with Gasteiger partial charge in [0.05, 0.1) is 11.9 Å². The highest BCUT2D eigenvalue weighted by atomic mass is 16.1. The summed E-state index contributed by atoms with van der Waals surface area (Å²) < 4.78 is 1.64. The molecular formula is C22H22N6O2. The minimum absolute atomic E-state index is 0.00785. The molecule has 2 aromatic carbocycles. The number of rotatable bonds is 7. The molecule has 1 amide bonds. The molecule has 0 aliphatic carbocycles. The van der Waals surface area contributed by atoms with E-state index in [2.05, 4.69) is 25.7 Å². The monoisotopic (exact) mass is 402 g/mol. The van der Waals surface area contributed by atoms with Crippen LogP contribution in [-0.2, 0) is 11.3 Å². The summed E-state index contributed by atoms with van der Waals surface area (Å²) in [5.74, 6) is 0.374. The molecule has 0 bridgehead atoms. The maximum Gasteiger partial charge on any atom is 0.263 e. The summed E-state index contributed by atoms with van der Waals surface area (Å²) in [5.41, 5.74) is 2.82. The molecule has 0 saturated heterocycles. The topological polar surface area (TPSA) is 105 Å². The molecule has 2 aromatic heterocycles. The second kappa shape index (κ2) is 8.60. The van der Waals surface area contributed by atoms with Crippen LogP contribution < -0.4 is 16.2 Å². The lowest BCUT2D eigenvalue weighted by Gasteiger charge is -2.08. The van der Waals surface area contributed by atoms with Crippen LogP contribution in [-0.4, -0.2) is 25.7 Å². The number of para-hydroxylation sites is 1. The molecule has 30 heavy (non-hydrogen) atoms. The van der Waals surface area contributed by atoms with Crippen LogP contribution >= 0.6 is 0 Å². The highest BCUT2D eigenvalue weighted by molar-refractivity contribution is 5.90. The molecule has 0 spiro atoms. The fourth-order valence-corrected chi connectivity index (χ4v) is 3.10. The molecule has 0 radical (unpaired) electrons. The van der Waals surface area contributed by atoms with Gasteiger partial charge >= 0.3 is 0 Å². The molecule has 4 aromatic rings. The lowest BCUT2D eigenvalue weighted by molar-refractivity contribution is -0.116. The molecule has 8 heteroatoms. The van der Waals surface area contributed by atoms with Gasteiger partial charge in [-0.05, 0) is 36.2 Å². The Morgan fingerprint density at radius 2 is 1.87 bits per heavy atom. The third-order valence-corrected chi connectivity index (χ3v) is 4.61. The number of carbonyl (C=O) groups is 1. The second-order valence-corrected chi connectivity index (χ2v) is 6.89. The third kappa shape index (κ3) is 4.22. The molecular weight excluding hydrogens is 380 g/mol. The van der Waals surface area contributed by atoms with Crippen molar-refractivity contribution in [2.45, 2.75) is 26.3 Å². The van der Waals surface area contributed by atoms with E-state index in [4.69, 9.17) is 0 Å². The predicted octanol–water partition coefficient (Wildman–Crippen LogP) is 3.46. The lowest BCUT2D eigenvalue weighted by Crippen LogP contribution is -2.14. The van der Waals surface area contributed by atoms with Crippen LogP contribution in [0.15, 0.2) is 65.6 Å². The van der Waals surface area contributed by atoms with E-state index < -0.39 is 0 Å². The molecule has 3 N–H and O–H groups in total. The van der Waals surface area contributed by atoms with Gasteiger partial charge in [0.15, 0.2) is 5.65 Å². The highest BCUT2D eigenvalue weighted by Gasteiger charge is 2.11. The van der Waals surface area contributed by atoms with Crippen molar-refractivity contribution in [2.75, 3.05) is 10.6 Å². The first-order chi connectivity index (χ1) is 14.6. The summed E-state index contributed by atoms with van der Waals surface area (Å²) in [6, 6.07) is 17.1. The van der Waals surface area contributed by atoms with Crippen molar-refractivity contribution in [3.8, 4) is 5.69 Å². The second-order valence-electron chi connectivity index (χ2n) is 6.89. The van der Waals surface area contributed by atoms with Gasteiger partial charge in [0.2, 0.25) is 11.9 Å². The molecule has 0 aliphatic rings. The molecule has 0 atom stereocenters. The van der Waals surface area contributed by atoms with E-state index in [1.807, 2.05) is 61.5 Å².